The number of hydrogen-bond donors (Lipinski definition) is 0. The number of fused-ring (bicyclic) bond motifs is 1. The van der Waals surface area contributed by atoms with E-state index in [2.05, 4.69) is 48.5 Å². The maximum atomic E-state index is 9.50. The van der Waals surface area contributed by atoms with E-state index in [4.69, 9.17) is 4.98 Å². The zero-order valence-corrected chi connectivity index (χ0v) is 26.5. The summed E-state index contributed by atoms with van der Waals surface area (Å²) in [6.45, 7) is 0. The van der Waals surface area contributed by atoms with E-state index in [-0.39, 0.29) is 0 Å². The maximum Gasteiger partial charge on any atom is 0.124 e. The molecule has 0 radical (unpaired) electrons. The van der Waals surface area contributed by atoms with Gasteiger partial charge in [0.15, 0.2) is 0 Å². The Kier molecular flexibility index (Phi) is 7.93. The second-order valence-corrected chi connectivity index (χ2v) is 12.3. The highest BCUT2D eigenvalue weighted by Gasteiger charge is 2.13. The lowest BCUT2D eigenvalue weighted by atomic mass is 9.93. The molecule has 1 aromatic heterocycles. The number of benzene rings is 6. The zero-order valence-electron chi connectivity index (χ0n) is 25.6. The molecule has 49 heavy (non-hydrogen) atoms. The standard InChI is InChI=1S/C42H20N6S/c43-21-26-1-14-40-41(15-26)49-42(48-40)37-19-35(29-6-2-27(3-7-29)31-10-12-33(22-44)38(16-31)24-46)18-36(20-37)30-8-4-28(5-9-30)32-11-13-34(23-45)39(17-32)25-47/h1-20H. The first-order chi connectivity index (χ1) is 24.0. The fourth-order valence-corrected chi connectivity index (χ4v) is 6.73. The number of hydrogen-bond acceptors (Lipinski definition) is 7. The molecule has 0 amide bonds. The van der Waals surface area contributed by atoms with Crippen molar-refractivity contribution in [2.24, 2.45) is 0 Å². The summed E-state index contributed by atoms with van der Waals surface area (Å²) in [4.78, 5) is 4.91. The van der Waals surface area contributed by atoms with Gasteiger partial charge in [-0.3, -0.25) is 0 Å². The van der Waals surface area contributed by atoms with E-state index >= 15 is 0 Å². The van der Waals surface area contributed by atoms with Crippen molar-refractivity contribution in [3.8, 4) is 85.4 Å². The molecule has 0 atom stereocenters. The smallest absolute Gasteiger partial charge is 0.124 e. The molecule has 0 spiro atoms. The summed E-state index contributed by atoms with van der Waals surface area (Å²) >= 11 is 1.54. The molecule has 7 aromatic rings. The van der Waals surface area contributed by atoms with Gasteiger partial charge in [0.05, 0.1) is 44.1 Å². The van der Waals surface area contributed by atoms with Crippen molar-refractivity contribution in [3.63, 3.8) is 0 Å². The lowest BCUT2D eigenvalue weighted by Crippen LogP contribution is -1.88. The molecule has 0 saturated carbocycles. The minimum absolute atomic E-state index is 0.342. The SMILES string of the molecule is N#Cc1ccc2nc(-c3cc(-c4ccc(-c5ccc(C#N)c(C#N)c5)cc4)cc(-c4ccc(-c5ccc(C#N)c(C#N)c5)cc4)c3)sc2c1. The van der Waals surface area contributed by atoms with Gasteiger partial charge in [0.25, 0.3) is 0 Å². The quantitative estimate of drug-likeness (QED) is 0.184. The van der Waals surface area contributed by atoms with E-state index in [1.807, 2.05) is 72.8 Å². The first kappa shape index (κ1) is 30.3. The highest BCUT2D eigenvalue weighted by Crippen LogP contribution is 2.38. The molecular weight excluding hydrogens is 621 g/mol. The van der Waals surface area contributed by atoms with Gasteiger partial charge in [-0.2, -0.15) is 26.3 Å². The van der Waals surface area contributed by atoms with E-state index < -0.39 is 0 Å². The molecule has 7 heteroatoms. The van der Waals surface area contributed by atoms with Crippen LogP contribution in [0.2, 0.25) is 0 Å². The molecule has 6 aromatic carbocycles. The van der Waals surface area contributed by atoms with Crippen LogP contribution in [0.1, 0.15) is 27.8 Å². The lowest BCUT2D eigenvalue weighted by Gasteiger charge is -2.12. The molecular formula is C42H20N6S. The van der Waals surface area contributed by atoms with Crippen LogP contribution in [-0.2, 0) is 0 Å². The summed E-state index contributed by atoms with van der Waals surface area (Å²) in [6, 6.07) is 49.1. The third kappa shape index (κ3) is 5.88. The average Bonchev–Trinajstić information content (AvgIpc) is 3.61. The predicted molar refractivity (Wildman–Crippen MR) is 190 cm³/mol. The van der Waals surface area contributed by atoms with Crippen molar-refractivity contribution in [1.29, 1.82) is 26.3 Å². The number of rotatable bonds is 5. The molecule has 1 heterocycles. The third-order valence-corrected chi connectivity index (χ3v) is 9.39. The first-order valence-electron chi connectivity index (χ1n) is 15.1. The van der Waals surface area contributed by atoms with Crippen LogP contribution in [-0.4, -0.2) is 4.98 Å². The number of nitrogens with zero attached hydrogens (tertiary/aromatic N) is 6. The predicted octanol–water partition coefficient (Wildman–Crippen LogP) is 9.99. The fraction of sp³-hybridized carbons (Fsp3) is 0. The molecule has 0 fully saturated rings. The van der Waals surface area contributed by atoms with Gasteiger partial charge in [-0.1, -0.05) is 60.7 Å². The van der Waals surface area contributed by atoms with Gasteiger partial charge in [0.1, 0.15) is 29.3 Å². The molecule has 6 nitrogen and oxygen atoms in total. The van der Waals surface area contributed by atoms with Crippen molar-refractivity contribution >= 4 is 21.6 Å². The second-order valence-electron chi connectivity index (χ2n) is 11.2. The maximum absolute atomic E-state index is 9.50. The summed E-state index contributed by atoms with van der Waals surface area (Å²) in [5.74, 6) is 0. The highest BCUT2D eigenvalue weighted by molar-refractivity contribution is 7.21. The molecule has 224 valence electrons. The monoisotopic (exact) mass is 640 g/mol. The Labute approximate surface area is 286 Å². The normalized spacial score (nSPS) is 10.3. The number of nitriles is 5. The third-order valence-electron chi connectivity index (χ3n) is 8.32. The van der Waals surface area contributed by atoms with Crippen LogP contribution in [0.15, 0.2) is 121 Å². The van der Waals surface area contributed by atoms with Crippen LogP contribution in [0.25, 0.3) is 65.3 Å². The summed E-state index contributed by atoms with van der Waals surface area (Å²) in [5.41, 5.74) is 11.3. The van der Waals surface area contributed by atoms with Crippen LogP contribution in [0.5, 0.6) is 0 Å². The molecule has 7 rings (SSSR count). The summed E-state index contributed by atoms with van der Waals surface area (Å²) < 4.78 is 0.938. The number of aromatic nitrogens is 1. The van der Waals surface area contributed by atoms with Crippen LogP contribution in [0, 0.1) is 56.7 Å². The van der Waals surface area contributed by atoms with Gasteiger partial charge in [0.2, 0.25) is 0 Å². The van der Waals surface area contributed by atoms with Crippen molar-refractivity contribution < 1.29 is 0 Å². The van der Waals surface area contributed by atoms with Crippen molar-refractivity contribution in [1.82, 2.24) is 4.98 Å². The van der Waals surface area contributed by atoms with Gasteiger partial charge in [-0.15, -0.1) is 11.3 Å². The molecule has 0 aliphatic carbocycles. The molecule has 0 saturated heterocycles. The minimum atomic E-state index is 0.342. The Morgan fingerprint density at radius 3 is 1.24 bits per heavy atom. The average molecular weight is 641 g/mol. The second kappa shape index (κ2) is 12.8. The molecule has 0 unspecified atom stereocenters. The van der Waals surface area contributed by atoms with E-state index in [0.29, 0.717) is 27.8 Å². The van der Waals surface area contributed by atoms with E-state index in [1.54, 1.807) is 30.3 Å². The van der Waals surface area contributed by atoms with Gasteiger partial charge >= 0.3 is 0 Å². The van der Waals surface area contributed by atoms with Gasteiger partial charge in [-0.05, 0) is 105 Å². The fourth-order valence-electron chi connectivity index (χ4n) is 5.74. The molecule has 0 bridgehead atoms. The van der Waals surface area contributed by atoms with Gasteiger partial charge in [0, 0.05) is 5.56 Å². The summed E-state index contributed by atoms with van der Waals surface area (Å²) in [7, 11) is 0. The Morgan fingerprint density at radius 2 is 0.796 bits per heavy atom. The van der Waals surface area contributed by atoms with Crippen molar-refractivity contribution in [3.05, 3.63) is 149 Å². The van der Waals surface area contributed by atoms with Crippen molar-refractivity contribution in [2.45, 2.75) is 0 Å². The Bertz CT molecular complexity index is 2510. The van der Waals surface area contributed by atoms with Crippen molar-refractivity contribution in [2.75, 3.05) is 0 Å². The van der Waals surface area contributed by atoms with Gasteiger partial charge < -0.3 is 0 Å². The van der Waals surface area contributed by atoms with Crippen LogP contribution < -0.4 is 0 Å². The summed E-state index contributed by atoms with van der Waals surface area (Å²) in [6.07, 6.45) is 0. The topological polar surface area (TPSA) is 132 Å². The van der Waals surface area contributed by atoms with Crippen LogP contribution >= 0.6 is 11.3 Å². The zero-order chi connectivity index (χ0) is 33.9. The Balaban J connectivity index is 1.30. The minimum Gasteiger partial charge on any atom is -0.236 e. The van der Waals surface area contributed by atoms with E-state index in [1.165, 1.54) is 11.3 Å². The molecule has 0 N–H and O–H groups in total. The Morgan fingerprint density at radius 1 is 0.367 bits per heavy atom. The Hall–Kier alpha value is -7.34. The van der Waals surface area contributed by atoms with Crippen LogP contribution in [0.3, 0.4) is 0 Å². The molecule has 0 aliphatic rings. The first-order valence-corrected chi connectivity index (χ1v) is 15.9. The largest absolute Gasteiger partial charge is 0.236 e. The van der Waals surface area contributed by atoms with Gasteiger partial charge in [-0.25, -0.2) is 4.98 Å². The summed E-state index contributed by atoms with van der Waals surface area (Å²) in [5, 5.41) is 47.9. The van der Waals surface area contributed by atoms with E-state index in [9.17, 15) is 26.3 Å². The number of thiazole rings is 1. The molecule has 0 aliphatic heterocycles. The van der Waals surface area contributed by atoms with Crippen LogP contribution in [0.4, 0.5) is 0 Å². The lowest BCUT2D eigenvalue weighted by molar-refractivity contribution is 1.43. The van der Waals surface area contributed by atoms with E-state index in [0.717, 1.165) is 65.3 Å². The highest BCUT2D eigenvalue weighted by atomic mass is 32.1.